The zero-order chi connectivity index (χ0) is 8.01. The van der Waals surface area contributed by atoms with Gasteiger partial charge in [-0.2, -0.15) is 0 Å². The Hall–Kier alpha value is -0.860. The van der Waals surface area contributed by atoms with Gasteiger partial charge < -0.3 is 4.90 Å². The first-order valence-corrected chi connectivity index (χ1v) is 3.95. The monoisotopic (exact) mass is 153 g/mol. The molecule has 3 nitrogen and oxygen atoms in total. The molecular weight excluding hydrogens is 142 g/mol. The average Bonchev–Trinajstić information content (AvgIpc) is 2.37. The van der Waals surface area contributed by atoms with Crippen molar-refractivity contribution in [2.24, 2.45) is 11.8 Å². The Balaban J connectivity index is 2.19. The van der Waals surface area contributed by atoms with Crippen LogP contribution in [0.5, 0.6) is 0 Å². The number of carbonyl (C=O) groups is 2. The van der Waals surface area contributed by atoms with Crippen LogP contribution in [0, 0.1) is 11.8 Å². The lowest BCUT2D eigenvalue weighted by atomic mass is 10.0. The van der Waals surface area contributed by atoms with Crippen LogP contribution < -0.4 is 0 Å². The molecule has 0 aromatic rings. The molecule has 0 bridgehead atoms. The summed E-state index contributed by atoms with van der Waals surface area (Å²) >= 11 is 0. The Morgan fingerprint density at radius 2 is 2.09 bits per heavy atom. The molecule has 2 aliphatic rings. The summed E-state index contributed by atoms with van der Waals surface area (Å²) in [5.41, 5.74) is 0. The number of hydrogen-bond acceptors (Lipinski definition) is 2. The van der Waals surface area contributed by atoms with Crippen LogP contribution >= 0.6 is 0 Å². The first-order valence-electron chi connectivity index (χ1n) is 3.95. The van der Waals surface area contributed by atoms with Crippen LogP contribution in [0.15, 0.2) is 0 Å². The smallest absolute Gasteiger partial charge is 0.226 e. The van der Waals surface area contributed by atoms with Crippen LogP contribution in [0.4, 0.5) is 0 Å². The number of fused-ring (bicyclic) bond motifs is 1. The van der Waals surface area contributed by atoms with Crippen LogP contribution in [0.2, 0.25) is 0 Å². The van der Waals surface area contributed by atoms with Gasteiger partial charge in [0.05, 0.1) is 0 Å². The number of carbonyl (C=O) groups excluding carboxylic acids is 2. The van der Waals surface area contributed by atoms with E-state index < -0.39 is 0 Å². The normalized spacial score (nSPS) is 36.6. The minimum Gasteiger partial charge on any atom is -0.345 e. The van der Waals surface area contributed by atoms with Crippen LogP contribution in [0.25, 0.3) is 0 Å². The molecular formula is C8H11NO2. The molecule has 1 aliphatic carbocycles. The van der Waals surface area contributed by atoms with Crippen molar-refractivity contribution in [1.82, 2.24) is 4.90 Å². The molecule has 0 spiro atoms. The fraction of sp³-hybridized carbons (Fsp3) is 0.750. The second kappa shape index (κ2) is 2.06. The van der Waals surface area contributed by atoms with E-state index in [0.717, 1.165) is 6.54 Å². The lowest BCUT2D eigenvalue weighted by molar-refractivity contribution is -0.131. The van der Waals surface area contributed by atoms with Gasteiger partial charge in [-0.1, -0.05) is 0 Å². The van der Waals surface area contributed by atoms with Gasteiger partial charge in [0.25, 0.3) is 0 Å². The summed E-state index contributed by atoms with van der Waals surface area (Å²) in [6.07, 6.45) is 1.12. The second-order valence-electron chi connectivity index (χ2n) is 3.53. The molecule has 0 N–H and O–H groups in total. The molecule has 0 radical (unpaired) electrons. The molecule has 1 aliphatic heterocycles. The SMILES string of the molecule is CN1CC2CC(=O)CC2C1=O. The molecule has 2 rings (SSSR count). The maximum Gasteiger partial charge on any atom is 0.226 e. The van der Waals surface area contributed by atoms with Gasteiger partial charge in [-0.3, -0.25) is 9.59 Å². The molecule has 0 aromatic heterocycles. The van der Waals surface area contributed by atoms with E-state index in [4.69, 9.17) is 0 Å². The van der Waals surface area contributed by atoms with Gasteiger partial charge >= 0.3 is 0 Å². The van der Waals surface area contributed by atoms with Crippen LogP contribution in [-0.4, -0.2) is 30.2 Å². The Morgan fingerprint density at radius 3 is 2.73 bits per heavy atom. The van der Waals surface area contributed by atoms with Crippen molar-refractivity contribution >= 4 is 11.7 Å². The van der Waals surface area contributed by atoms with Crippen molar-refractivity contribution in [3.8, 4) is 0 Å². The second-order valence-corrected chi connectivity index (χ2v) is 3.53. The van der Waals surface area contributed by atoms with Crippen LogP contribution in [-0.2, 0) is 9.59 Å². The maximum absolute atomic E-state index is 11.3. The molecule has 1 saturated carbocycles. The van der Waals surface area contributed by atoms with Crippen LogP contribution in [0.3, 0.4) is 0 Å². The molecule has 60 valence electrons. The quantitative estimate of drug-likeness (QED) is 0.493. The zero-order valence-corrected chi connectivity index (χ0v) is 6.54. The first-order chi connectivity index (χ1) is 5.18. The maximum atomic E-state index is 11.3. The highest BCUT2D eigenvalue weighted by Gasteiger charge is 2.44. The third-order valence-corrected chi connectivity index (χ3v) is 2.71. The molecule has 3 heteroatoms. The van der Waals surface area contributed by atoms with Crippen molar-refractivity contribution in [3.63, 3.8) is 0 Å². The summed E-state index contributed by atoms with van der Waals surface area (Å²) in [5, 5.41) is 0. The number of Topliss-reactive ketones (excluding diaryl/α,β-unsaturated/α-hetero) is 1. The number of amides is 1. The van der Waals surface area contributed by atoms with Gasteiger partial charge in [0.15, 0.2) is 0 Å². The number of nitrogens with zero attached hydrogens (tertiary/aromatic N) is 1. The molecule has 2 atom stereocenters. The number of likely N-dealkylation sites (tertiary alicyclic amines) is 1. The molecule has 2 unspecified atom stereocenters. The number of ketones is 1. The average molecular weight is 153 g/mol. The molecule has 1 amide bonds. The largest absolute Gasteiger partial charge is 0.345 e. The number of rotatable bonds is 0. The molecule has 1 saturated heterocycles. The predicted octanol–water partition coefficient (Wildman–Crippen LogP) is 0.0537. The predicted molar refractivity (Wildman–Crippen MR) is 38.9 cm³/mol. The van der Waals surface area contributed by atoms with Crippen molar-refractivity contribution in [2.75, 3.05) is 13.6 Å². The standard InChI is InChI=1S/C8H11NO2/c1-9-4-5-2-6(10)3-7(5)8(9)11/h5,7H,2-4H2,1H3. The Labute approximate surface area is 65.4 Å². The minimum absolute atomic E-state index is 0.0347. The molecule has 1 heterocycles. The summed E-state index contributed by atoms with van der Waals surface area (Å²) in [7, 11) is 1.81. The van der Waals surface area contributed by atoms with Gasteiger partial charge in [0.1, 0.15) is 5.78 Å². The zero-order valence-electron chi connectivity index (χ0n) is 6.54. The first kappa shape index (κ1) is 6.83. The highest BCUT2D eigenvalue weighted by atomic mass is 16.2. The molecule has 0 aromatic carbocycles. The Morgan fingerprint density at radius 1 is 1.36 bits per heavy atom. The van der Waals surface area contributed by atoms with E-state index in [1.54, 1.807) is 4.90 Å². The third kappa shape index (κ3) is 0.870. The fourth-order valence-electron chi connectivity index (χ4n) is 2.14. The summed E-state index contributed by atoms with van der Waals surface area (Å²) in [6.45, 7) is 0.787. The summed E-state index contributed by atoms with van der Waals surface area (Å²) < 4.78 is 0. The van der Waals surface area contributed by atoms with E-state index in [2.05, 4.69) is 0 Å². The van der Waals surface area contributed by atoms with Crippen molar-refractivity contribution < 1.29 is 9.59 Å². The van der Waals surface area contributed by atoms with Gasteiger partial charge in [-0.25, -0.2) is 0 Å². The fourth-order valence-corrected chi connectivity index (χ4v) is 2.14. The summed E-state index contributed by atoms with van der Waals surface area (Å²) in [6, 6.07) is 0. The third-order valence-electron chi connectivity index (χ3n) is 2.71. The summed E-state index contributed by atoms with van der Waals surface area (Å²) in [5.74, 6) is 0.801. The number of hydrogen-bond donors (Lipinski definition) is 0. The Bertz CT molecular complexity index is 224. The van der Waals surface area contributed by atoms with E-state index in [1.807, 2.05) is 7.05 Å². The van der Waals surface area contributed by atoms with Crippen molar-refractivity contribution in [2.45, 2.75) is 12.8 Å². The van der Waals surface area contributed by atoms with Gasteiger partial charge in [-0.05, 0) is 5.92 Å². The van der Waals surface area contributed by atoms with E-state index >= 15 is 0 Å². The minimum atomic E-state index is 0.0347. The van der Waals surface area contributed by atoms with E-state index in [0.29, 0.717) is 18.8 Å². The molecule has 11 heavy (non-hydrogen) atoms. The lowest BCUT2D eigenvalue weighted by Gasteiger charge is -2.08. The highest BCUT2D eigenvalue weighted by Crippen LogP contribution is 2.35. The highest BCUT2D eigenvalue weighted by molar-refractivity contribution is 5.92. The van der Waals surface area contributed by atoms with E-state index in [-0.39, 0.29) is 17.6 Å². The van der Waals surface area contributed by atoms with Gasteiger partial charge in [-0.15, -0.1) is 0 Å². The van der Waals surface area contributed by atoms with Gasteiger partial charge in [0, 0.05) is 32.4 Å². The topological polar surface area (TPSA) is 37.4 Å². The van der Waals surface area contributed by atoms with E-state index in [9.17, 15) is 9.59 Å². The van der Waals surface area contributed by atoms with Gasteiger partial charge in [0.2, 0.25) is 5.91 Å². The lowest BCUT2D eigenvalue weighted by Crippen LogP contribution is -2.23. The van der Waals surface area contributed by atoms with E-state index in [1.165, 1.54) is 0 Å². The van der Waals surface area contributed by atoms with Crippen molar-refractivity contribution in [3.05, 3.63) is 0 Å². The Kier molecular flexibility index (Phi) is 1.28. The van der Waals surface area contributed by atoms with Crippen LogP contribution in [0.1, 0.15) is 12.8 Å². The van der Waals surface area contributed by atoms with Crippen molar-refractivity contribution in [1.29, 1.82) is 0 Å². The molecule has 2 fully saturated rings. The summed E-state index contributed by atoms with van der Waals surface area (Å²) in [4.78, 5) is 24.0.